The van der Waals surface area contributed by atoms with Crippen LogP contribution in [0, 0.1) is 6.92 Å². The van der Waals surface area contributed by atoms with Crippen LogP contribution in [0.4, 0.5) is 0 Å². The van der Waals surface area contributed by atoms with E-state index in [0.29, 0.717) is 25.5 Å². The molecule has 0 aliphatic heterocycles. The van der Waals surface area contributed by atoms with Gasteiger partial charge >= 0.3 is 0 Å². The number of hydrogen-bond acceptors (Lipinski definition) is 5. The first-order valence-electron chi connectivity index (χ1n) is 5.94. The number of rotatable bonds is 6. The number of aromatic nitrogens is 1. The van der Waals surface area contributed by atoms with E-state index in [1.807, 2.05) is 13.1 Å². The molecule has 0 atom stereocenters. The van der Waals surface area contributed by atoms with Gasteiger partial charge in [0.25, 0.3) is 0 Å². The molecule has 1 heterocycles. The summed E-state index contributed by atoms with van der Waals surface area (Å²) >= 11 is 1.64. The summed E-state index contributed by atoms with van der Waals surface area (Å²) in [5, 5.41) is 7.20. The van der Waals surface area contributed by atoms with E-state index in [-0.39, 0.29) is 29.7 Å². The van der Waals surface area contributed by atoms with Crippen LogP contribution < -0.4 is 10.6 Å². The van der Waals surface area contributed by atoms with E-state index in [4.69, 9.17) is 0 Å². The maximum atomic E-state index is 11.0. The highest BCUT2D eigenvalue weighted by molar-refractivity contribution is 14.0. The number of thiazole rings is 1. The van der Waals surface area contributed by atoms with Gasteiger partial charge in [-0.25, -0.2) is 13.4 Å². The summed E-state index contributed by atoms with van der Waals surface area (Å²) in [5.74, 6) is 0.837. The Morgan fingerprint density at radius 2 is 2.15 bits per heavy atom. The SMILES string of the molecule is CN=C(NCCCS(C)(=O)=O)NCc1ncc(C)s1.I. The number of sulfone groups is 1. The molecule has 0 unspecified atom stereocenters. The van der Waals surface area contributed by atoms with Gasteiger partial charge in [0.05, 0.1) is 12.3 Å². The van der Waals surface area contributed by atoms with Gasteiger partial charge < -0.3 is 10.6 Å². The van der Waals surface area contributed by atoms with Crippen LogP contribution in [-0.4, -0.2) is 45.0 Å². The number of aryl methyl sites for hydroxylation is 1. The summed E-state index contributed by atoms with van der Waals surface area (Å²) in [4.78, 5) is 9.48. The number of nitrogens with one attached hydrogen (secondary N) is 2. The van der Waals surface area contributed by atoms with E-state index >= 15 is 0 Å². The second-order valence-corrected chi connectivity index (χ2v) is 7.78. The highest BCUT2D eigenvalue weighted by Crippen LogP contribution is 2.10. The summed E-state index contributed by atoms with van der Waals surface area (Å²) in [6, 6.07) is 0. The quantitative estimate of drug-likeness (QED) is 0.305. The van der Waals surface area contributed by atoms with E-state index in [9.17, 15) is 8.42 Å². The normalized spacial score (nSPS) is 11.8. The van der Waals surface area contributed by atoms with Crippen molar-refractivity contribution in [1.29, 1.82) is 0 Å². The van der Waals surface area contributed by atoms with Gasteiger partial charge in [-0.05, 0) is 13.3 Å². The lowest BCUT2D eigenvalue weighted by Gasteiger charge is -2.10. The minimum absolute atomic E-state index is 0. The second kappa shape index (κ2) is 9.50. The molecule has 6 nitrogen and oxygen atoms in total. The first kappa shape index (κ1) is 19.6. The Kier molecular flexibility index (Phi) is 9.30. The zero-order valence-corrected chi connectivity index (χ0v) is 15.8. The summed E-state index contributed by atoms with van der Waals surface area (Å²) in [6.45, 7) is 3.20. The van der Waals surface area contributed by atoms with Gasteiger partial charge in [-0.15, -0.1) is 35.3 Å². The molecule has 0 saturated heterocycles. The molecular formula is C11H21IN4O2S2. The van der Waals surface area contributed by atoms with Crippen LogP contribution in [0.2, 0.25) is 0 Å². The molecule has 0 amide bonds. The molecule has 0 spiro atoms. The van der Waals surface area contributed by atoms with E-state index in [1.54, 1.807) is 18.4 Å². The second-order valence-electron chi connectivity index (χ2n) is 4.20. The van der Waals surface area contributed by atoms with Crippen molar-refractivity contribution in [3.8, 4) is 0 Å². The predicted octanol–water partition coefficient (Wildman–Crippen LogP) is 1.17. The van der Waals surface area contributed by atoms with Crippen LogP contribution in [0.15, 0.2) is 11.2 Å². The fourth-order valence-corrected chi connectivity index (χ4v) is 2.80. The van der Waals surface area contributed by atoms with E-state index in [2.05, 4.69) is 20.6 Å². The minimum atomic E-state index is -2.89. The third kappa shape index (κ3) is 8.69. The molecule has 9 heteroatoms. The van der Waals surface area contributed by atoms with Crippen LogP contribution in [0.5, 0.6) is 0 Å². The Balaban J connectivity index is 0.00000361. The Morgan fingerprint density at radius 3 is 2.65 bits per heavy atom. The van der Waals surface area contributed by atoms with Crippen LogP contribution >= 0.6 is 35.3 Å². The number of nitrogens with zero attached hydrogens (tertiary/aromatic N) is 2. The average molecular weight is 432 g/mol. The highest BCUT2D eigenvalue weighted by atomic mass is 127. The van der Waals surface area contributed by atoms with E-state index in [1.165, 1.54) is 11.1 Å². The minimum Gasteiger partial charge on any atom is -0.356 e. The molecule has 0 aliphatic rings. The lowest BCUT2D eigenvalue weighted by atomic mass is 10.5. The molecule has 1 aromatic heterocycles. The fraction of sp³-hybridized carbons (Fsp3) is 0.636. The van der Waals surface area contributed by atoms with Crippen molar-refractivity contribution in [3.63, 3.8) is 0 Å². The first-order chi connectivity index (χ1) is 8.90. The zero-order valence-electron chi connectivity index (χ0n) is 11.8. The Morgan fingerprint density at radius 1 is 1.45 bits per heavy atom. The standard InChI is InChI=1S/C11H20N4O2S2.HI/c1-9-7-14-10(18-9)8-15-11(12-2)13-5-4-6-19(3,16)17;/h7H,4-6,8H2,1-3H3,(H2,12,13,15);1H. The Labute approximate surface area is 141 Å². The highest BCUT2D eigenvalue weighted by Gasteiger charge is 2.03. The van der Waals surface area contributed by atoms with Gasteiger partial charge in [0.1, 0.15) is 14.8 Å². The maximum absolute atomic E-state index is 11.0. The van der Waals surface area contributed by atoms with Crippen molar-refractivity contribution < 1.29 is 8.42 Å². The van der Waals surface area contributed by atoms with Crippen molar-refractivity contribution >= 4 is 51.1 Å². The largest absolute Gasteiger partial charge is 0.356 e. The van der Waals surface area contributed by atoms with Gasteiger partial charge in [-0.1, -0.05) is 0 Å². The molecule has 1 rings (SSSR count). The zero-order chi connectivity index (χ0) is 14.3. The maximum Gasteiger partial charge on any atom is 0.191 e. The van der Waals surface area contributed by atoms with Crippen molar-refractivity contribution in [2.75, 3.05) is 25.6 Å². The molecule has 0 fully saturated rings. The fourth-order valence-electron chi connectivity index (χ4n) is 1.40. The van der Waals surface area contributed by atoms with Gasteiger partial charge in [-0.2, -0.15) is 0 Å². The number of halogens is 1. The number of hydrogen-bond donors (Lipinski definition) is 2. The van der Waals surface area contributed by atoms with Crippen LogP contribution in [-0.2, 0) is 16.4 Å². The summed E-state index contributed by atoms with van der Waals surface area (Å²) < 4.78 is 22.0. The molecule has 0 saturated carbocycles. The third-order valence-corrected chi connectivity index (χ3v) is 4.23. The molecule has 2 N–H and O–H groups in total. The molecule has 20 heavy (non-hydrogen) atoms. The van der Waals surface area contributed by atoms with Gasteiger partial charge in [-0.3, -0.25) is 4.99 Å². The monoisotopic (exact) mass is 432 g/mol. The first-order valence-corrected chi connectivity index (χ1v) is 8.82. The lowest BCUT2D eigenvalue weighted by molar-refractivity contribution is 0.598. The lowest BCUT2D eigenvalue weighted by Crippen LogP contribution is -2.37. The smallest absolute Gasteiger partial charge is 0.191 e. The molecular weight excluding hydrogens is 411 g/mol. The van der Waals surface area contributed by atoms with Crippen LogP contribution in [0.1, 0.15) is 16.3 Å². The van der Waals surface area contributed by atoms with Crippen molar-refractivity contribution in [2.45, 2.75) is 19.9 Å². The number of aliphatic imine (C=N–C) groups is 1. The van der Waals surface area contributed by atoms with E-state index < -0.39 is 9.84 Å². The molecule has 0 bridgehead atoms. The number of guanidine groups is 1. The predicted molar refractivity (Wildman–Crippen MR) is 94.8 cm³/mol. The molecule has 116 valence electrons. The molecule has 0 radical (unpaired) electrons. The van der Waals surface area contributed by atoms with Crippen molar-refractivity contribution in [2.24, 2.45) is 4.99 Å². The Hall–Kier alpha value is -0.420. The average Bonchev–Trinajstić information content (AvgIpc) is 2.73. The van der Waals surface area contributed by atoms with Crippen molar-refractivity contribution in [3.05, 3.63) is 16.1 Å². The van der Waals surface area contributed by atoms with E-state index in [0.717, 1.165) is 5.01 Å². The van der Waals surface area contributed by atoms with Gasteiger partial charge in [0.2, 0.25) is 0 Å². The topological polar surface area (TPSA) is 83.5 Å². The third-order valence-electron chi connectivity index (χ3n) is 2.28. The molecule has 1 aromatic rings. The van der Waals surface area contributed by atoms with Gasteiger partial charge in [0.15, 0.2) is 5.96 Å². The molecule has 0 aliphatic carbocycles. The summed E-state index contributed by atoms with van der Waals surface area (Å²) in [5.41, 5.74) is 0. The van der Waals surface area contributed by atoms with Crippen LogP contribution in [0.25, 0.3) is 0 Å². The molecule has 0 aromatic carbocycles. The Bertz CT molecular complexity index is 528. The van der Waals surface area contributed by atoms with Crippen LogP contribution in [0.3, 0.4) is 0 Å². The summed E-state index contributed by atoms with van der Waals surface area (Å²) in [6.07, 6.45) is 3.64. The summed E-state index contributed by atoms with van der Waals surface area (Å²) in [7, 11) is -1.21. The van der Waals surface area contributed by atoms with Crippen molar-refractivity contribution in [1.82, 2.24) is 15.6 Å². The van der Waals surface area contributed by atoms with Gasteiger partial charge in [0, 0.05) is 30.9 Å².